The van der Waals surface area contributed by atoms with Crippen molar-refractivity contribution < 1.29 is 13.7 Å². The van der Waals surface area contributed by atoms with E-state index in [1.54, 1.807) is 18.2 Å². The molecule has 0 atom stereocenters. The highest BCUT2D eigenvalue weighted by Crippen LogP contribution is 2.23. The molecule has 2 aromatic heterocycles. The Bertz CT molecular complexity index is 906. The van der Waals surface area contributed by atoms with E-state index < -0.39 is 5.76 Å². The molecule has 3 aromatic rings. The lowest BCUT2D eigenvalue weighted by molar-refractivity contribution is 0.374. The zero-order valence-electron chi connectivity index (χ0n) is 12.7. The summed E-state index contributed by atoms with van der Waals surface area (Å²) in [6.45, 7) is 0.159. The van der Waals surface area contributed by atoms with Crippen molar-refractivity contribution in [2.24, 2.45) is 0 Å². The molecule has 6 nitrogen and oxygen atoms in total. The highest BCUT2D eigenvalue weighted by Gasteiger charge is 2.13. The summed E-state index contributed by atoms with van der Waals surface area (Å²) in [5.41, 5.74) is 1.38. The molecular formula is C16H13ClFN3O3. The Hall–Kier alpha value is -2.67. The summed E-state index contributed by atoms with van der Waals surface area (Å²) < 4.78 is 24.2. The SMILES string of the molecule is COc1cc(Cn2c(Cc3ccc(F)cc3)noc2=O)ncc1Cl. The molecule has 0 spiro atoms. The molecule has 8 heteroatoms. The second-order valence-electron chi connectivity index (χ2n) is 5.06. The minimum Gasteiger partial charge on any atom is -0.495 e. The van der Waals surface area contributed by atoms with E-state index >= 15 is 0 Å². The minimum atomic E-state index is -0.595. The van der Waals surface area contributed by atoms with Crippen molar-refractivity contribution in [1.82, 2.24) is 14.7 Å². The van der Waals surface area contributed by atoms with Gasteiger partial charge in [-0.2, -0.15) is 0 Å². The summed E-state index contributed by atoms with van der Waals surface area (Å²) in [4.78, 5) is 16.1. The van der Waals surface area contributed by atoms with Gasteiger partial charge in [-0.3, -0.25) is 14.1 Å². The Morgan fingerprint density at radius 3 is 2.79 bits per heavy atom. The molecular weight excluding hydrogens is 337 g/mol. The second kappa shape index (κ2) is 6.84. The average molecular weight is 350 g/mol. The van der Waals surface area contributed by atoms with E-state index in [9.17, 15) is 9.18 Å². The molecule has 1 aromatic carbocycles. The van der Waals surface area contributed by atoms with Crippen LogP contribution in [-0.2, 0) is 13.0 Å². The van der Waals surface area contributed by atoms with Crippen molar-refractivity contribution in [3.05, 3.63) is 75.0 Å². The first-order chi connectivity index (χ1) is 11.6. The number of hydrogen-bond donors (Lipinski definition) is 0. The number of halogens is 2. The van der Waals surface area contributed by atoms with Gasteiger partial charge in [0.05, 0.1) is 19.3 Å². The molecule has 0 radical (unpaired) electrons. The van der Waals surface area contributed by atoms with Crippen LogP contribution in [0.5, 0.6) is 5.75 Å². The zero-order valence-corrected chi connectivity index (χ0v) is 13.5. The zero-order chi connectivity index (χ0) is 17.1. The number of pyridine rings is 1. The van der Waals surface area contributed by atoms with Crippen LogP contribution in [0.3, 0.4) is 0 Å². The Kier molecular flexibility index (Phi) is 4.61. The van der Waals surface area contributed by atoms with Gasteiger partial charge >= 0.3 is 5.76 Å². The first-order valence-corrected chi connectivity index (χ1v) is 7.43. The van der Waals surface area contributed by atoms with E-state index in [4.69, 9.17) is 20.9 Å². The fourth-order valence-corrected chi connectivity index (χ4v) is 2.41. The van der Waals surface area contributed by atoms with Crippen molar-refractivity contribution in [3.8, 4) is 5.75 Å². The number of hydrogen-bond acceptors (Lipinski definition) is 5. The summed E-state index contributed by atoms with van der Waals surface area (Å²) in [5, 5.41) is 4.17. The summed E-state index contributed by atoms with van der Waals surface area (Å²) >= 11 is 5.94. The van der Waals surface area contributed by atoms with Gasteiger partial charge in [0.1, 0.15) is 16.6 Å². The molecule has 0 fully saturated rings. The van der Waals surface area contributed by atoms with Gasteiger partial charge in [0.2, 0.25) is 0 Å². The second-order valence-corrected chi connectivity index (χ2v) is 5.47. The van der Waals surface area contributed by atoms with Gasteiger partial charge in [0.15, 0.2) is 5.82 Å². The first kappa shape index (κ1) is 16.2. The maximum atomic E-state index is 13.0. The van der Waals surface area contributed by atoms with Gasteiger partial charge < -0.3 is 4.74 Å². The van der Waals surface area contributed by atoms with Crippen molar-refractivity contribution in [2.45, 2.75) is 13.0 Å². The van der Waals surface area contributed by atoms with Gasteiger partial charge in [0, 0.05) is 18.7 Å². The third kappa shape index (κ3) is 3.46. The van der Waals surface area contributed by atoms with E-state index in [2.05, 4.69) is 10.1 Å². The molecule has 3 rings (SSSR count). The van der Waals surface area contributed by atoms with Crippen molar-refractivity contribution >= 4 is 11.6 Å². The highest BCUT2D eigenvalue weighted by atomic mass is 35.5. The Labute approximate surface area is 141 Å². The van der Waals surface area contributed by atoms with Crippen LogP contribution in [0.25, 0.3) is 0 Å². The Balaban J connectivity index is 1.87. The summed E-state index contributed by atoms with van der Waals surface area (Å²) in [7, 11) is 1.50. The topological polar surface area (TPSA) is 70.2 Å². The molecule has 0 unspecified atom stereocenters. The largest absolute Gasteiger partial charge is 0.495 e. The predicted molar refractivity (Wildman–Crippen MR) is 84.9 cm³/mol. The summed E-state index contributed by atoms with van der Waals surface area (Å²) in [6.07, 6.45) is 1.78. The molecule has 0 amide bonds. The van der Waals surface area contributed by atoms with Gasteiger partial charge in [-0.25, -0.2) is 9.18 Å². The van der Waals surface area contributed by atoms with Crippen LogP contribution >= 0.6 is 11.6 Å². The molecule has 0 aliphatic heterocycles. The number of nitrogens with zero attached hydrogens (tertiary/aromatic N) is 3. The molecule has 0 N–H and O–H groups in total. The van der Waals surface area contributed by atoms with Gasteiger partial charge in [-0.1, -0.05) is 28.9 Å². The van der Waals surface area contributed by atoms with E-state index in [1.807, 2.05) is 0 Å². The van der Waals surface area contributed by atoms with Crippen LogP contribution in [0.15, 0.2) is 45.8 Å². The van der Waals surface area contributed by atoms with Crippen LogP contribution in [0.1, 0.15) is 17.1 Å². The smallest absolute Gasteiger partial charge is 0.441 e. The predicted octanol–water partition coefficient (Wildman–Crippen LogP) is 2.67. The highest BCUT2D eigenvalue weighted by molar-refractivity contribution is 6.31. The third-order valence-corrected chi connectivity index (χ3v) is 3.74. The van der Waals surface area contributed by atoms with Gasteiger partial charge in [-0.15, -0.1) is 0 Å². The monoisotopic (exact) mass is 349 g/mol. The van der Waals surface area contributed by atoms with Crippen LogP contribution in [0.4, 0.5) is 4.39 Å². The number of aromatic nitrogens is 3. The molecule has 0 saturated heterocycles. The lowest BCUT2D eigenvalue weighted by atomic mass is 10.1. The number of rotatable bonds is 5. The molecule has 0 aliphatic carbocycles. The quantitative estimate of drug-likeness (QED) is 0.708. The molecule has 2 heterocycles. The van der Waals surface area contributed by atoms with Crippen LogP contribution in [0.2, 0.25) is 5.02 Å². The fraction of sp³-hybridized carbons (Fsp3) is 0.188. The minimum absolute atomic E-state index is 0.159. The normalized spacial score (nSPS) is 10.8. The summed E-state index contributed by atoms with van der Waals surface area (Å²) in [6, 6.07) is 7.60. The fourth-order valence-electron chi connectivity index (χ4n) is 2.23. The standard InChI is InChI=1S/C16H13ClFN3O3/c1-23-14-7-12(19-8-13(14)17)9-21-15(20-24-16(21)22)6-10-2-4-11(18)5-3-10/h2-5,7-8H,6,9H2,1H3. The van der Waals surface area contributed by atoms with E-state index in [0.717, 1.165) is 5.56 Å². The number of methoxy groups -OCH3 is 1. The van der Waals surface area contributed by atoms with Crippen molar-refractivity contribution in [2.75, 3.05) is 7.11 Å². The van der Waals surface area contributed by atoms with E-state index in [1.165, 1.54) is 30.0 Å². The Morgan fingerprint density at radius 1 is 1.33 bits per heavy atom. The van der Waals surface area contributed by atoms with Crippen LogP contribution < -0.4 is 10.5 Å². The number of benzene rings is 1. The molecule has 0 saturated carbocycles. The van der Waals surface area contributed by atoms with Crippen LogP contribution in [0, 0.1) is 5.82 Å². The molecule has 124 valence electrons. The average Bonchev–Trinajstić information content (AvgIpc) is 2.92. The van der Waals surface area contributed by atoms with Crippen LogP contribution in [-0.4, -0.2) is 21.8 Å². The lowest BCUT2D eigenvalue weighted by Crippen LogP contribution is -2.18. The number of ether oxygens (including phenoxy) is 1. The maximum absolute atomic E-state index is 13.0. The maximum Gasteiger partial charge on any atom is 0.441 e. The Morgan fingerprint density at radius 2 is 2.08 bits per heavy atom. The third-order valence-electron chi connectivity index (χ3n) is 3.45. The van der Waals surface area contributed by atoms with Gasteiger partial charge in [-0.05, 0) is 17.7 Å². The van der Waals surface area contributed by atoms with E-state index in [0.29, 0.717) is 28.7 Å². The van der Waals surface area contributed by atoms with E-state index in [-0.39, 0.29) is 12.4 Å². The molecule has 0 bridgehead atoms. The first-order valence-electron chi connectivity index (χ1n) is 7.05. The van der Waals surface area contributed by atoms with Gasteiger partial charge in [0.25, 0.3) is 0 Å². The lowest BCUT2D eigenvalue weighted by Gasteiger charge is -2.07. The van der Waals surface area contributed by atoms with Crippen molar-refractivity contribution in [3.63, 3.8) is 0 Å². The molecule has 0 aliphatic rings. The molecule has 24 heavy (non-hydrogen) atoms. The summed E-state index contributed by atoms with van der Waals surface area (Å²) in [5.74, 6) is -0.0369. The van der Waals surface area contributed by atoms with Crippen molar-refractivity contribution in [1.29, 1.82) is 0 Å².